The summed E-state index contributed by atoms with van der Waals surface area (Å²) in [6.07, 6.45) is -0.550. The summed E-state index contributed by atoms with van der Waals surface area (Å²) in [6.45, 7) is 3.81. The van der Waals surface area contributed by atoms with Crippen LogP contribution in [-0.2, 0) is 0 Å². The van der Waals surface area contributed by atoms with Crippen molar-refractivity contribution in [3.8, 4) is 0 Å². The second-order valence-electron chi connectivity index (χ2n) is 3.21. The molecule has 1 aromatic rings. The fraction of sp³-hybridized carbons (Fsp3) is 0.400. The maximum atomic E-state index is 9.56. The van der Waals surface area contributed by atoms with Crippen LogP contribution < -0.4 is 5.73 Å². The Morgan fingerprint density at radius 1 is 1.25 bits per heavy atom. The van der Waals surface area contributed by atoms with Crippen molar-refractivity contribution in [2.24, 2.45) is 5.73 Å². The molecule has 0 aliphatic rings. The molecule has 1 rings (SSSR count). The zero-order valence-electron chi connectivity index (χ0n) is 7.49. The fourth-order valence-electron chi connectivity index (χ4n) is 1.07. The highest BCUT2D eigenvalue weighted by Crippen LogP contribution is 2.15. The van der Waals surface area contributed by atoms with E-state index in [1.165, 1.54) is 5.56 Å². The van der Waals surface area contributed by atoms with Gasteiger partial charge in [0, 0.05) is 6.04 Å². The molecule has 0 unspecified atom stereocenters. The van der Waals surface area contributed by atoms with E-state index in [9.17, 15) is 5.11 Å². The maximum absolute atomic E-state index is 9.56. The number of aliphatic hydroxyl groups is 1. The van der Waals surface area contributed by atoms with E-state index in [1.807, 2.05) is 31.2 Å². The average molecular weight is 165 g/mol. The van der Waals surface area contributed by atoms with Crippen LogP contribution in [0.15, 0.2) is 24.3 Å². The minimum Gasteiger partial charge on any atom is -0.387 e. The molecule has 0 bridgehead atoms. The number of aliphatic hydroxyl groups excluding tert-OH is 1. The lowest BCUT2D eigenvalue weighted by Crippen LogP contribution is -2.24. The van der Waals surface area contributed by atoms with Gasteiger partial charge in [0.25, 0.3) is 0 Å². The summed E-state index contributed by atoms with van der Waals surface area (Å²) in [4.78, 5) is 0. The minimum atomic E-state index is -0.550. The van der Waals surface area contributed by atoms with Gasteiger partial charge in [-0.2, -0.15) is 0 Å². The van der Waals surface area contributed by atoms with Crippen LogP contribution >= 0.6 is 0 Å². The Bertz CT molecular complexity index is 241. The summed E-state index contributed by atoms with van der Waals surface area (Å²) in [5.41, 5.74) is 7.63. The van der Waals surface area contributed by atoms with Crippen LogP contribution in [0.5, 0.6) is 0 Å². The molecule has 12 heavy (non-hydrogen) atoms. The van der Waals surface area contributed by atoms with Gasteiger partial charge in [-0.15, -0.1) is 0 Å². The van der Waals surface area contributed by atoms with Crippen LogP contribution in [0, 0.1) is 6.92 Å². The van der Waals surface area contributed by atoms with E-state index in [2.05, 4.69) is 0 Å². The monoisotopic (exact) mass is 165 g/mol. The Kier molecular flexibility index (Phi) is 2.84. The van der Waals surface area contributed by atoms with Crippen molar-refractivity contribution < 1.29 is 5.11 Å². The Morgan fingerprint density at radius 3 is 2.17 bits per heavy atom. The molecule has 0 aliphatic carbocycles. The molecular weight excluding hydrogens is 150 g/mol. The lowest BCUT2D eigenvalue weighted by atomic mass is 10.0. The van der Waals surface area contributed by atoms with Crippen molar-refractivity contribution in [2.75, 3.05) is 0 Å². The number of rotatable bonds is 2. The average Bonchev–Trinajstić information content (AvgIpc) is 2.04. The van der Waals surface area contributed by atoms with E-state index >= 15 is 0 Å². The molecule has 2 atom stereocenters. The predicted octanol–water partition coefficient (Wildman–Crippen LogP) is 1.38. The number of hydrogen-bond donors (Lipinski definition) is 2. The third kappa shape index (κ3) is 2.06. The highest BCUT2D eigenvalue weighted by molar-refractivity contribution is 5.23. The van der Waals surface area contributed by atoms with Crippen LogP contribution in [0.2, 0.25) is 0 Å². The smallest absolute Gasteiger partial charge is 0.0938 e. The summed E-state index contributed by atoms with van der Waals surface area (Å²) in [7, 11) is 0. The van der Waals surface area contributed by atoms with Crippen LogP contribution in [0.25, 0.3) is 0 Å². The van der Waals surface area contributed by atoms with Crippen LogP contribution in [0.1, 0.15) is 24.2 Å². The Labute approximate surface area is 73.0 Å². The van der Waals surface area contributed by atoms with E-state index < -0.39 is 6.10 Å². The van der Waals surface area contributed by atoms with Crippen LogP contribution in [-0.4, -0.2) is 11.1 Å². The van der Waals surface area contributed by atoms with Crippen LogP contribution in [0.4, 0.5) is 0 Å². The van der Waals surface area contributed by atoms with E-state index in [-0.39, 0.29) is 6.04 Å². The number of hydrogen-bond acceptors (Lipinski definition) is 2. The van der Waals surface area contributed by atoms with Gasteiger partial charge in [0.15, 0.2) is 0 Å². The molecule has 0 saturated heterocycles. The Morgan fingerprint density at radius 2 is 1.75 bits per heavy atom. The molecule has 0 saturated carbocycles. The van der Waals surface area contributed by atoms with E-state index in [4.69, 9.17) is 5.73 Å². The van der Waals surface area contributed by atoms with E-state index in [1.54, 1.807) is 6.92 Å². The molecule has 0 spiro atoms. The van der Waals surface area contributed by atoms with E-state index in [0.717, 1.165) is 5.56 Å². The zero-order valence-corrected chi connectivity index (χ0v) is 7.49. The van der Waals surface area contributed by atoms with E-state index in [0.29, 0.717) is 0 Å². The molecule has 2 nitrogen and oxygen atoms in total. The van der Waals surface area contributed by atoms with Gasteiger partial charge in [-0.05, 0) is 19.4 Å². The van der Waals surface area contributed by atoms with Gasteiger partial charge in [-0.25, -0.2) is 0 Å². The first-order valence-corrected chi connectivity index (χ1v) is 4.11. The normalized spacial score (nSPS) is 15.7. The minimum absolute atomic E-state index is 0.215. The maximum Gasteiger partial charge on any atom is 0.0938 e. The molecule has 2 heteroatoms. The Hall–Kier alpha value is -0.860. The SMILES string of the molecule is Cc1ccc([C@H](O)[C@@H](C)N)cc1. The second-order valence-corrected chi connectivity index (χ2v) is 3.21. The lowest BCUT2D eigenvalue weighted by Gasteiger charge is -2.14. The lowest BCUT2D eigenvalue weighted by molar-refractivity contribution is 0.153. The van der Waals surface area contributed by atoms with Gasteiger partial charge >= 0.3 is 0 Å². The van der Waals surface area contributed by atoms with Gasteiger partial charge in [0.1, 0.15) is 0 Å². The largest absolute Gasteiger partial charge is 0.387 e. The molecule has 0 radical (unpaired) electrons. The fourth-order valence-corrected chi connectivity index (χ4v) is 1.07. The molecule has 1 aromatic carbocycles. The highest BCUT2D eigenvalue weighted by atomic mass is 16.3. The van der Waals surface area contributed by atoms with Crippen molar-refractivity contribution in [2.45, 2.75) is 26.0 Å². The van der Waals surface area contributed by atoms with Gasteiger partial charge < -0.3 is 10.8 Å². The summed E-state index contributed by atoms with van der Waals surface area (Å²) in [5.74, 6) is 0. The standard InChI is InChI=1S/C10H15NO/c1-7-3-5-9(6-4-7)10(12)8(2)11/h3-6,8,10,12H,11H2,1-2H3/t8-,10-/m1/s1. The topological polar surface area (TPSA) is 46.2 Å². The highest BCUT2D eigenvalue weighted by Gasteiger charge is 2.10. The number of benzene rings is 1. The summed E-state index contributed by atoms with van der Waals surface area (Å²) in [5, 5.41) is 9.56. The molecule has 0 heterocycles. The van der Waals surface area contributed by atoms with Crippen molar-refractivity contribution in [1.29, 1.82) is 0 Å². The molecule has 0 aromatic heterocycles. The first kappa shape index (κ1) is 9.23. The molecule has 3 N–H and O–H groups in total. The van der Waals surface area contributed by atoms with Crippen molar-refractivity contribution in [3.63, 3.8) is 0 Å². The molecule has 0 fully saturated rings. The Balaban J connectivity index is 2.82. The summed E-state index contributed by atoms with van der Waals surface area (Å²) >= 11 is 0. The predicted molar refractivity (Wildman–Crippen MR) is 49.8 cm³/mol. The van der Waals surface area contributed by atoms with Gasteiger partial charge in [-0.3, -0.25) is 0 Å². The van der Waals surface area contributed by atoms with Crippen molar-refractivity contribution in [3.05, 3.63) is 35.4 Å². The molecule has 0 amide bonds. The molecule has 66 valence electrons. The van der Waals surface area contributed by atoms with Gasteiger partial charge in [0.05, 0.1) is 6.10 Å². The number of nitrogens with two attached hydrogens (primary N) is 1. The van der Waals surface area contributed by atoms with Crippen molar-refractivity contribution in [1.82, 2.24) is 0 Å². The first-order chi connectivity index (χ1) is 5.61. The third-order valence-corrected chi connectivity index (χ3v) is 1.92. The molecule has 0 aliphatic heterocycles. The first-order valence-electron chi connectivity index (χ1n) is 4.11. The third-order valence-electron chi connectivity index (χ3n) is 1.92. The van der Waals surface area contributed by atoms with Gasteiger partial charge in [-0.1, -0.05) is 29.8 Å². The summed E-state index contributed by atoms with van der Waals surface area (Å²) < 4.78 is 0. The summed E-state index contributed by atoms with van der Waals surface area (Å²) in [6, 6.07) is 7.54. The quantitative estimate of drug-likeness (QED) is 0.695. The van der Waals surface area contributed by atoms with Gasteiger partial charge in [0.2, 0.25) is 0 Å². The number of aryl methyl sites for hydroxylation is 1. The second kappa shape index (κ2) is 3.70. The molecular formula is C10H15NO. The zero-order chi connectivity index (χ0) is 9.14. The van der Waals surface area contributed by atoms with Crippen LogP contribution in [0.3, 0.4) is 0 Å². The van der Waals surface area contributed by atoms with Crippen molar-refractivity contribution >= 4 is 0 Å².